The van der Waals surface area contributed by atoms with Crippen molar-refractivity contribution in [2.75, 3.05) is 11.9 Å². The molecule has 2 N–H and O–H groups in total. The van der Waals surface area contributed by atoms with Crippen LogP contribution in [0.1, 0.15) is 48.8 Å². The Balaban J connectivity index is 1.76. The molecule has 1 aromatic rings. The lowest BCUT2D eigenvalue weighted by Gasteiger charge is -2.28. The van der Waals surface area contributed by atoms with Crippen LogP contribution in [0.5, 0.6) is 0 Å². The van der Waals surface area contributed by atoms with Crippen molar-refractivity contribution < 1.29 is 0 Å². The fourth-order valence-corrected chi connectivity index (χ4v) is 4.32. The van der Waals surface area contributed by atoms with E-state index in [1.165, 1.54) is 61.0 Å². The van der Waals surface area contributed by atoms with Crippen LogP contribution in [0.3, 0.4) is 0 Å². The first-order valence-electron chi connectivity index (χ1n) is 8.23. The highest BCUT2D eigenvalue weighted by Gasteiger charge is 2.35. The predicted octanol–water partition coefficient (Wildman–Crippen LogP) is 3.94. The van der Waals surface area contributed by atoms with Gasteiger partial charge in [0.05, 0.1) is 0 Å². The first kappa shape index (κ1) is 13.9. The zero-order valence-corrected chi connectivity index (χ0v) is 13.1. The molecule has 1 saturated heterocycles. The van der Waals surface area contributed by atoms with Gasteiger partial charge in [-0.25, -0.2) is 0 Å². The van der Waals surface area contributed by atoms with Gasteiger partial charge in [-0.15, -0.1) is 0 Å². The third kappa shape index (κ3) is 2.71. The van der Waals surface area contributed by atoms with Crippen molar-refractivity contribution in [2.24, 2.45) is 5.92 Å². The van der Waals surface area contributed by atoms with Crippen LogP contribution in [-0.2, 0) is 0 Å². The number of hydrogen-bond acceptors (Lipinski definition) is 2. The van der Waals surface area contributed by atoms with Crippen LogP contribution in [0.4, 0.5) is 5.69 Å². The second-order valence-electron chi connectivity index (χ2n) is 6.82. The van der Waals surface area contributed by atoms with Crippen LogP contribution in [0.2, 0.25) is 0 Å². The lowest BCUT2D eigenvalue weighted by atomic mass is 9.92. The molecule has 0 bridgehead atoms. The molecule has 1 saturated carbocycles. The largest absolute Gasteiger partial charge is 0.382 e. The van der Waals surface area contributed by atoms with Gasteiger partial charge in [0, 0.05) is 17.8 Å². The van der Waals surface area contributed by atoms with E-state index in [1.807, 2.05) is 0 Å². The Morgan fingerprint density at radius 2 is 1.75 bits per heavy atom. The maximum atomic E-state index is 3.89. The normalized spacial score (nSPS) is 29.9. The molecule has 3 atom stereocenters. The van der Waals surface area contributed by atoms with Gasteiger partial charge >= 0.3 is 0 Å². The molecule has 110 valence electrons. The zero-order chi connectivity index (χ0) is 14.1. The number of rotatable bonds is 3. The minimum atomic E-state index is 0.658. The zero-order valence-electron chi connectivity index (χ0n) is 13.1. The van der Waals surface area contributed by atoms with Crippen molar-refractivity contribution in [3.05, 3.63) is 28.8 Å². The molecule has 1 aromatic carbocycles. The Kier molecular flexibility index (Phi) is 4.02. The van der Waals surface area contributed by atoms with E-state index in [9.17, 15) is 0 Å². The molecule has 2 fully saturated rings. The highest BCUT2D eigenvalue weighted by atomic mass is 15.0. The van der Waals surface area contributed by atoms with Crippen LogP contribution < -0.4 is 10.6 Å². The molecule has 0 spiro atoms. The van der Waals surface area contributed by atoms with Crippen molar-refractivity contribution in [3.63, 3.8) is 0 Å². The summed E-state index contributed by atoms with van der Waals surface area (Å²) in [4.78, 5) is 0. The maximum absolute atomic E-state index is 3.89. The number of aryl methyl sites for hydroxylation is 3. The molecule has 2 heteroatoms. The summed E-state index contributed by atoms with van der Waals surface area (Å²) in [6.45, 7) is 7.88. The van der Waals surface area contributed by atoms with Gasteiger partial charge in [0.25, 0.3) is 0 Å². The van der Waals surface area contributed by atoms with Gasteiger partial charge in [-0.05, 0) is 70.0 Å². The van der Waals surface area contributed by atoms with E-state index in [4.69, 9.17) is 0 Å². The predicted molar refractivity (Wildman–Crippen MR) is 86.4 cm³/mol. The van der Waals surface area contributed by atoms with Gasteiger partial charge in [0.1, 0.15) is 0 Å². The van der Waals surface area contributed by atoms with E-state index >= 15 is 0 Å². The molecular weight excluding hydrogens is 244 g/mol. The molecule has 1 aliphatic heterocycles. The molecule has 0 radical (unpaired) electrons. The highest BCUT2D eigenvalue weighted by Crippen LogP contribution is 2.35. The number of benzene rings is 1. The third-order valence-electron chi connectivity index (χ3n) is 5.19. The van der Waals surface area contributed by atoms with E-state index in [2.05, 4.69) is 43.5 Å². The van der Waals surface area contributed by atoms with Gasteiger partial charge in [-0.2, -0.15) is 0 Å². The average Bonchev–Trinajstić information content (AvgIpc) is 3.04. The van der Waals surface area contributed by atoms with E-state index < -0.39 is 0 Å². The molecule has 0 amide bonds. The average molecular weight is 272 g/mol. The Hall–Kier alpha value is -1.02. The first-order chi connectivity index (χ1) is 9.65. The standard InChI is InChI=1S/C18H28N2/c1-12-10-13(2)18(14(3)11-12)20-17-7-4-6-15(17)16-8-5-9-19-16/h10-11,15-17,19-20H,4-9H2,1-3H3. The minimum Gasteiger partial charge on any atom is -0.382 e. The Morgan fingerprint density at radius 1 is 1.00 bits per heavy atom. The Bertz CT molecular complexity index is 451. The molecular formula is C18H28N2. The summed E-state index contributed by atoms with van der Waals surface area (Å²) in [5, 5.41) is 7.60. The molecule has 2 nitrogen and oxygen atoms in total. The third-order valence-corrected chi connectivity index (χ3v) is 5.19. The summed E-state index contributed by atoms with van der Waals surface area (Å²) >= 11 is 0. The number of hydrogen-bond donors (Lipinski definition) is 2. The van der Waals surface area contributed by atoms with Crippen LogP contribution in [-0.4, -0.2) is 18.6 Å². The summed E-state index contributed by atoms with van der Waals surface area (Å²) in [6.07, 6.45) is 6.82. The van der Waals surface area contributed by atoms with Crippen molar-refractivity contribution in [2.45, 2.75) is 65.0 Å². The van der Waals surface area contributed by atoms with E-state index in [0.717, 1.165) is 12.0 Å². The molecule has 1 aliphatic carbocycles. The van der Waals surface area contributed by atoms with Gasteiger partial charge in [-0.3, -0.25) is 0 Å². The van der Waals surface area contributed by atoms with Crippen LogP contribution in [0.15, 0.2) is 12.1 Å². The topological polar surface area (TPSA) is 24.1 Å². The van der Waals surface area contributed by atoms with Gasteiger partial charge in [0.15, 0.2) is 0 Å². The van der Waals surface area contributed by atoms with Crippen molar-refractivity contribution >= 4 is 5.69 Å². The smallest absolute Gasteiger partial charge is 0.0402 e. The maximum Gasteiger partial charge on any atom is 0.0402 e. The Morgan fingerprint density at radius 3 is 2.40 bits per heavy atom. The molecule has 3 unspecified atom stereocenters. The lowest BCUT2D eigenvalue weighted by molar-refractivity contribution is 0.376. The minimum absolute atomic E-state index is 0.658. The molecule has 3 rings (SSSR count). The second kappa shape index (κ2) is 5.77. The quantitative estimate of drug-likeness (QED) is 0.871. The number of nitrogens with one attached hydrogen (secondary N) is 2. The fraction of sp³-hybridized carbons (Fsp3) is 0.667. The molecule has 2 aliphatic rings. The molecule has 1 heterocycles. The number of anilines is 1. The van der Waals surface area contributed by atoms with Crippen LogP contribution >= 0.6 is 0 Å². The summed E-state index contributed by atoms with van der Waals surface area (Å²) in [7, 11) is 0. The molecule has 20 heavy (non-hydrogen) atoms. The van der Waals surface area contributed by atoms with Crippen LogP contribution in [0, 0.1) is 26.7 Å². The lowest BCUT2D eigenvalue weighted by Crippen LogP contribution is -2.38. The first-order valence-corrected chi connectivity index (χ1v) is 8.23. The van der Waals surface area contributed by atoms with E-state index in [1.54, 1.807) is 0 Å². The summed E-state index contributed by atoms with van der Waals surface area (Å²) in [5.74, 6) is 0.817. The van der Waals surface area contributed by atoms with Crippen molar-refractivity contribution in [1.82, 2.24) is 5.32 Å². The van der Waals surface area contributed by atoms with E-state index in [0.29, 0.717) is 6.04 Å². The fourth-order valence-electron chi connectivity index (χ4n) is 4.32. The highest BCUT2D eigenvalue weighted by molar-refractivity contribution is 5.58. The summed E-state index contributed by atoms with van der Waals surface area (Å²) in [5.41, 5.74) is 5.54. The summed E-state index contributed by atoms with van der Waals surface area (Å²) < 4.78 is 0. The SMILES string of the molecule is Cc1cc(C)c(NC2CCCC2C2CCCN2)c(C)c1. The monoisotopic (exact) mass is 272 g/mol. The van der Waals surface area contributed by atoms with Gasteiger partial charge < -0.3 is 10.6 Å². The summed E-state index contributed by atoms with van der Waals surface area (Å²) in [6, 6.07) is 6.01. The van der Waals surface area contributed by atoms with Crippen LogP contribution in [0.25, 0.3) is 0 Å². The van der Waals surface area contributed by atoms with Crippen molar-refractivity contribution in [3.8, 4) is 0 Å². The van der Waals surface area contributed by atoms with Gasteiger partial charge in [-0.1, -0.05) is 24.1 Å². The van der Waals surface area contributed by atoms with Gasteiger partial charge in [0.2, 0.25) is 0 Å². The second-order valence-corrected chi connectivity index (χ2v) is 6.82. The Labute approximate surface area is 123 Å². The molecule has 0 aromatic heterocycles. The van der Waals surface area contributed by atoms with E-state index in [-0.39, 0.29) is 0 Å². The van der Waals surface area contributed by atoms with Crippen molar-refractivity contribution in [1.29, 1.82) is 0 Å².